The number of aliphatic hydroxyl groups excluding tert-OH is 1. The standard InChI is InChI=1S/C32H24O15/c1-7-17-21(27(40)13(45-7)5-15(35)36)30(43)22-19(28(17)41)11(33)3-9(25(22)38)10-4-12(34)20-23(26(10)39)31(44)24-18(29(20)42)8(2)46-14-6-16(37)47-32(14)24/h3-4,7-8,13-14,27,32-33,38,40-41,43H,5-6H2,1-2H3,(H,35,36)/t7-,8-,13-,14+,27+,32+/m1/s1. The first kappa shape index (κ1) is 30.3. The lowest BCUT2D eigenvalue weighted by atomic mass is 9.85. The number of rotatable bonds is 3. The van der Waals surface area contributed by atoms with Gasteiger partial charge in [0.2, 0.25) is 0 Å². The van der Waals surface area contributed by atoms with Crippen molar-refractivity contribution in [3.63, 3.8) is 0 Å². The monoisotopic (exact) mass is 648 g/mol. The number of carboxylic acids is 1. The minimum atomic E-state index is -1.83. The second-order valence-corrected chi connectivity index (χ2v) is 11.8. The van der Waals surface area contributed by atoms with Crippen LogP contribution in [0, 0.1) is 10.4 Å². The molecule has 0 aromatic heterocycles. The van der Waals surface area contributed by atoms with Crippen LogP contribution in [0.3, 0.4) is 0 Å². The molecule has 0 unspecified atom stereocenters. The second kappa shape index (κ2) is 10.1. The SMILES string of the molecule is C[C@H]1O[C@H](CC(=O)O)[C@H](O)c2c1c(O)c1c(O)cc(-c3cc(=O)c4c(=O)c5c(c(=O)c=4c3=O)[C@H]3OC(=O)C[C@@H]3O[C@@H]5C)c(O)c1c2O. The lowest BCUT2D eigenvalue weighted by molar-refractivity contribution is -0.148. The first-order chi connectivity index (χ1) is 22.1. The molecule has 1 fully saturated rings. The number of hydrogen-bond acceptors (Lipinski definition) is 14. The van der Waals surface area contributed by atoms with Gasteiger partial charge in [-0.15, -0.1) is 0 Å². The zero-order valence-corrected chi connectivity index (χ0v) is 24.4. The molecule has 7 rings (SSSR count). The van der Waals surface area contributed by atoms with Crippen LogP contribution in [0.15, 0.2) is 31.3 Å². The Labute approximate surface area is 260 Å². The summed E-state index contributed by atoms with van der Waals surface area (Å²) in [6.45, 7) is 2.85. The van der Waals surface area contributed by atoms with Crippen LogP contribution in [0.2, 0.25) is 0 Å². The number of fused-ring (bicyclic) bond motifs is 5. The number of hydrogen-bond donors (Lipinski definition) is 6. The number of aliphatic hydroxyl groups is 1. The van der Waals surface area contributed by atoms with Crippen molar-refractivity contribution >= 4 is 22.7 Å². The van der Waals surface area contributed by atoms with Crippen molar-refractivity contribution in [2.45, 2.75) is 63.3 Å². The van der Waals surface area contributed by atoms with Gasteiger partial charge in [-0.1, -0.05) is 0 Å². The first-order valence-electron chi connectivity index (χ1n) is 14.4. The van der Waals surface area contributed by atoms with Crippen LogP contribution in [0.5, 0.6) is 23.0 Å². The van der Waals surface area contributed by atoms with Crippen molar-refractivity contribution in [1.29, 1.82) is 0 Å². The summed E-state index contributed by atoms with van der Waals surface area (Å²) in [5.41, 5.74) is -6.70. The normalized spacial score (nSPS) is 25.0. The van der Waals surface area contributed by atoms with Crippen LogP contribution in [0.1, 0.15) is 73.4 Å². The highest BCUT2D eigenvalue weighted by atomic mass is 16.6. The Morgan fingerprint density at radius 3 is 2.09 bits per heavy atom. The molecule has 5 aliphatic rings. The minimum absolute atomic E-state index is 0.198. The Morgan fingerprint density at radius 1 is 0.766 bits per heavy atom. The maximum Gasteiger partial charge on any atom is 0.309 e. The van der Waals surface area contributed by atoms with Crippen LogP contribution in [0.25, 0.3) is 21.9 Å². The Bertz CT molecular complexity index is 2390. The number of benzene rings is 2. The van der Waals surface area contributed by atoms with Crippen LogP contribution >= 0.6 is 0 Å². The molecule has 6 N–H and O–H groups in total. The number of phenols is 4. The van der Waals surface area contributed by atoms with Gasteiger partial charge in [0, 0.05) is 27.8 Å². The summed E-state index contributed by atoms with van der Waals surface area (Å²) < 4.78 is 16.5. The molecular formula is C32H24O15. The maximum absolute atomic E-state index is 14.0. The van der Waals surface area contributed by atoms with Crippen molar-refractivity contribution in [3.8, 4) is 34.1 Å². The number of carboxylic acid groups (broad SMARTS) is 1. The summed E-state index contributed by atoms with van der Waals surface area (Å²) >= 11 is 0. The molecule has 2 aromatic rings. The second-order valence-electron chi connectivity index (χ2n) is 11.8. The molecule has 1 saturated heterocycles. The molecule has 2 aromatic carbocycles. The van der Waals surface area contributed by atoms with Crippen LogP contribution < -0.4 is 21.7 Å². The minimum Gasteiger partial charge on any atom is -0.507 e. The number of aromatic hydroxyl groups is 4. The van der Waals surface area contributed by atoms with Gasteiger partial charge in [0.05, 0.1) is 57.9 Å². The lowest BCUT2D eigenvalue weighted by Crippen LogP contribution is -2.40. The zero-order valence-electron chi connectivity index (χ0n) is 24.4. The number of esters is 1. The van der Waals surface area contributed by atoms with E-state index in [0.717, 1.165) is 6.07 Å². The summed E-state index contributed by atoms with van der Waals surface area (Å²) in [5.74, 6) is -5.44. The molecule has 15 nitrogen and oxygen atoms in total. The highest BCUT2D eigenvalue weighted by Gasteiger charge is 2.46. The fourth-order valence-electron chi connectivity index (χ4n) is 7.21. The third-order valence-corrected chi connectivity index (χ3v) is 9.16. The van der Waals surface area contributed by atoms with Gasteiger partial charge >= 0.3 is 11.9 Å². The fraction of sp³-hybridized carbons (Fsp3) is 0.312. The molecule has 6 atom stereocenters. The molecule has 242 valence electrons. The fourth-order valence-corrected chi connectivity index (χ4v) is 7.21. The number of ether oxygens (including phenoxy) is 3. The van der Waals surface area contributed by atoms with Crippen molar-refractivity contribution < 1.29 is 54.4 Å². The van der Waals surface area contributed by atoms with Gasteiger partial charge in [-0.05, 0) is 26.0 Å². The van der Waals surface area contributed by atoms with E-state index in [2.05, 4.69) is 0 Å². The van der Waals surface area contributed by atoms with Gasteiger partial charge in [0.25, 0.3) is 0 Å². The topological polar surface area (TPSA) is 251 Å². The van der Waals surface area contributed by atoms with E-state index in [1.165, 1.54) is 13.8 Å². The highest BCUT2D eigenvalue weighted by Crippen LogP contribution is 2.56. The zero-order chi connectivity index (χ0) is 34.0. The molecule has 0 saturated carbocycles. The predicted octanol–water partition coefficient (Wildman–Crippen LogP) is 0.786. The molecule has 0 radical (unpaired) electrons. The van der Waals surface area contributed by atoms with Crippen molar-refractivity contribution in [1.82, 2.24) is 0 Å². The summed E-state index contributed by atoms with van der Waals surface area (Å²) in [5, 5.41) is 62.4. The summed E-state index contributed by atoms with van der Waals surface area (Å²) in [7, 11) is 0. The molecule has 47 heavy (non-hydrogen) atoms. The molecule has 15 heteroatoms. The Kier molecular flexibility index (Phi) is 6.48. The van der Waals surface area contributed by atoms with Crippen molar-refractivity contribution in [2.24, 2.45) is 0 Å². The molecule has 0 bridgehead atoms. The maximum atomic E-state index is 14.0. The summed E-state index contributed by atoms with van der Waals surface area (Å²) in [6, 6.07) is 1.48. The van der Waals surface area contributed by atoms with Gasteiger partial charge in [-0.3, -0.25) is 28.8 Å². The first-order valence-corrected chi connectivity index (χ1v) is 14.4. The summed E-state index contributed by atoms with van der Waals surface area (Å²) in [6.07, 6.45) is -8.45. The lowest BCUT2D eigenvalue weighted by Gasteiger charge is -2.35. The third-order valence-electron chi connectivity index (χ3n) is 9.16. The van der Waals surface area contributed by atoms with E-state index in [1.54, 1.807) is 0 Å². The van der Waals surface area contributed by atoms with Crippen LogP contribution in [-0.2, 0) is 23.8 Å². The quantitative estimate of drug-likeness (QED) is 0.133. The molecule has 2 aliphatic carbocycles. The van der Waals surface area contributed by atoms with E-state index < -0.39 is 138 Å². The summed E-state index contributed by atoms with van der Waals surface area (Å²) in [4.78, 5) is 78.2. The molecule has 0 amide bonds. The van der Waals surface area contributed by atoms with E-state index in [0.29, 0.717) is 6.07 Å². The van der Waals surface area contributed by atoms with Crippen LogP contribution in [-0.4, -0.2) is 54.8 Å². The number of carbonyl (C=O) groups excluding carboxylic acids is 1. The number of aliphatic carboxylic acids is 1. The average molecular weight is 649 g/mol. The number of carbonyl (C=O) groups is 2. The molecule has 0 spiro atoms. The van der Waals surface area contributed by atoms with Crippen LogP contribution in [0.4, 0.5) is 0 Å². The smallest absolute Gasteiger partial charge is 0.309 e. The number of phenolic OH excluding ortho intramolecular Hbond substituents is 4. The van der Waals surface area contributed by atoms with Gasteiger partial charge in [0.1, 0.15) is 35.2 Å². The van der Waals surface area contributed by atoms with Gasteiger partial charge in [0.15, 0.2) is 27.8 Å². The van der Waals surface area contributed by atoms with E-state index in [1.807, 2.05) is 0 Å². The predicted molar refractivity (Wildman–Crippen MR) is 156 cm³/mol. The average Bonchev–Trinajstić information content (AvgIpc) is 3.36. The van der Waals surface area contributed by atoms with E-state index in [-0.39, 0.29) is 23.1 Å². The Hall–Kier alpha value is -5.38. The Morgan fingerprint density at radius 2 is 1.40 bits per heavy atom. The van der Waals surface area contributed by atoms with E-state index in [4.69, 9.17) is 14.2 Å². The molecule has 3 heterocycles. The highest BCUT2D eigenvalue weighted by molar-refractivity contribution is 6.07. The third kappa shape index (κ3) is 4.03. The van der Waals surface area contributed by atoms with E-state index >= 15 is 0 Å². The largest absolute Gasteiger partial charge is 0.507 e. The van der Waals surface area contributed by atoms with Crippen molar-refractivity contribution in [3.05, 3.63) is 85.7 Å². The Balaban J connectivity index is 1.54. The van der Waals surface area contributed by atoms with Gasteiger partial charge < -0.3 is 44.8 Å². The van der Waals surface area contributed by atoms with E-state index in [9.17, 15) is 59.4 Å². The van der Waals surface area contributed by atoms with Crippen molar-refractivity contribution in [2.75, 3.05) is 0 Å². The molecular weight excluding hydrogens is 624 g/mol. The van der Waals surface area contributed by atoms with Gasteiger partial charge in [-0.2, -0.15) is 0 Å². The molecule has 3 aliphatic heterocycles. The van der Waals surface area contributed by atoms with Gasteiger partial charge in [-0.25, -0.2) is 0 Å².